The Morgan fingerprint density at radius 1 is 1.24 bits per heavy atom. The highest BCUT2D eigenvalue weighted by Gasteiger charge is 2.19. The first kappa shape index (κ1) is 18.2. The molecule has 0 spiro atoms. The van der Waals surface area contributed by atoms with Gasteiger partial charge in [0.1, 0.15) is 0 Å². The van der Waals surface area contributed by atoms with Crippen LogP contribution in [-0.2, 0) is 4.79 Å². The number of nitrogens with one attached hydrogen (secondary N) is 2. The van der Waals surface area contributed by atoms with E-state index < -0.39 is 11.3 Å². The highest BCUT2D eigenvalue weighted by molar-refractivity contribution is 8.03. The van der Waals surface area contributed by atoms with Gasteiger partial charge in [-0.25, -0.2) is 4.79 Å². The zero-order valence-corrected chi connectivity index (χ0v) is 15.0. The third kappa shape index (κ3) is 7.14. The monoisotopic (exact) mass is 348 g/mol. The fraction of sp³-hybridized carbons (Fsp3) is 0.667. The predicted octanol–water partition coefficient (Wildman–Crippen LogP) is 2.61. The molecule has 0 radical (unpaired) electrons. The maximum Gasteiger partial charge on any atom is 0.321 e. The first-order valence-corrected chi connectivity index (χ1v) is 9.32. The smallest absolute Gasteiger partial charge is 0.321 e. The third-order valence-electron chi connectivity index (χ3n) is 2.21. The van der Waals surface area contributed by atoms with Crippen molar-refractivity contribution in [3.05, 3.63) is 0 Å². The van der Waals surface area contributed by atoms with Gasteiger partial charge in [0.2, 0.25) is 5.91 Å². The van der Waals surface area contributed by atoms with Gasteiger partial charge in [-0.1, -0.05) is 55.6 Å². The molecule has 9 heteroatoms. The van der Waals surface area contributed by atoms with Gasteiger partial charge in [0.25, 0.3) is 0 Å². The van der Waals surface area contributed by atoms with E-state index in [-0.39, 0.29) is 5.91 Å². The molecule has 0 aromatic carbocycles. The molecule has 3 amide bonds. The summed E-state index contributed by atoms with van der Waals surface area (Å²) < 4.78 is 1.62. The largest absolute Gasteiger partial charge is 0.338 e. The number of carbonyl (C=O) groups is 2. The molecule has 0 saturated heterocycles. The molecule has 1 aromatic heterocycles. The van der Waals surface area contributed by atoms with Gasteiger partial charge in [-0.05, 0) is 18.6 Å². The molecular weight excluding hydrogens is 328 g/mol. The molecule has 0 bridgehead atoms. The average molecular weight is 349 g/mol. The van der Waals surface area contributed by atoms with Crippen molar-refractivity contribution in [3.63, 3.8) is 0 Å². The number of thioether (sulfide) groups is 2. The van der Waals surface area contributed by atoms with Gasteiger partial charge in [-0.15, -0.1) is 10.2 Å². The maximum absolute atomic E-state index is 11.9. The second kappa shape index (κ2) is 9.26. The fourth-order valence-electron chi connectivity index (χ4n) is 1.19. The Morgan fingerprint density at radius 2 is 1.90 bits per heavy atom. The highest BCUT2D eigenvalue weighted by Crippen LogP contribution is 2.30. The van der Waals surface area contributed by atoms with E-state index in [0.29, 0.717) is 12.5 Å². The Labute approximate surface area is 137 Å². The van der Waals surface area contributed by atoms with E-state index in [9.17, 15) is 9.59 Å². The molecule has 118 valence electrons. The number of amides is 3. The van der Waals surface area contributed by atoms with Gasteiger partial charge in [-0.3, -0.25) is 10.1 Å². The van der Waals surface area contributed by atoms with Gasteiger partial charge in [0.05, 0.1) is 5.25 Å². The van der Waals surface area contributed by atoms with E-state index in [0.717, 1.165) is 14.4 Å². The van der Waals surface area contributed by atoms with Crippen LogP contribution in [0.5, 0.6) is 0 Å². The molecule has 6 nitrogen and oxygen atoms in total. The van der Waals surface area contributed by atoms with E-state index in [1.807, 2.05) is 20.8 Å². The molecule has 0 aliphatic rings. The topological polar surface area (TPSA) is 84.0 Å². The third-order valence-corrected chi connectivity index (χ3v) is 5.33. The Balaban J connectivity index is 2.41. The van der Waals surface area contributed by atoms with Crippen molar-refractivity contribution in [1.29, 1.82) is 0 Å². The van der Waals surface area contributed by atoms with Crippen LogP contribution < -0.4 is 10.6 Å². The molecular formula is C12H20N4O2S3. The van der Waals surface area contributed by atoms with Crippen LogP contribution in [0, 0.1) is 5.92 Å². The van der Waals surface area contributed by atoms with Gasteiger partial charge in [0.15, 0.2) is 8.68 Å². The van der Waals surface area contributed by atoms with Crippen molar-refractivity contribution in [1.82, 2.24) is 20.8 Å². The lowest BCUT2D eigenvalue weighted by Crippen LogP contribution is -2.43. The summed E-state index contributed by atoms with van der Waals surface area (Å²) in [4.78, 5) is 23.4. The van der Waals surface area contributed by atoms with Gasteiger partial charge in [-0.2, -0.15) is 0 Å². The van der Waals surface area contributed by atoms with Crippen molar-refractivity contribution in [3.8, 4) is 0 Å². The lowest BCUT2D eigenvalue weighted by Gasteiger charge is -2.11. The SMILES string of the molecule is CCSc1nnc(SC(C)C(=O)NC(=O)NCC(C)C)s1. The molecule has 1 unspecified atom stereocenters. The number of carbonyl (C=O) groups excluding carboxylic acids is 2. The minimum Gasteiger partial charge on any atom is -0.338 e. The van der Waals surface area contributed by atoms with E-state index in [1.165, 1.54) is 23.1 Å². The zero-order chi connectivity index (χ0) is 15.8. The standard InChI is InChI=1S/C12H20N4O2S3/c1-5-19-11-15-16-12(21-11)20-8(4)9(17)14-10(18)13-6-7(2)3/h7-8H,5-6H2,1-4H3,(H2,13,14,17,18). The molecule has 1 heterocycles. The first-order valence-electron chi connectivity index (χ1n) is 6.64. The van der Waals surface area contributed by atoms with Gasteiger partial charge in [0, 0.05) is 6.54 Å². The average Bonchev–Trinajstić information content (AvgIpc) is 2.84. The molecule has 0 aliphatic carbocycles. The summed E-state index contributed by atoms with van der Waals surface area (Å²) in [5, 5.41) is 12.6. The van der Waals surface area contributed by atoms with Gasteiger partial charge < -0.3 is 5.32 Å². The molecule has 1 rings (SSSR count). The first-order chi connectivity index (χ1) is 9.92. The van der Waals surface area contributed by atoms with Crippen LogP contribution in [-0.4, -0.2) is 39.7 Å². The van der Waals surface area contributed by atoms with Crippen LogP contribution in [0.4, 0.5) is 4.79 Å². The normalized spacial score (nSPS) is 12.2. The Kier molecular flexibility index (Phi) is 8.05. The number of aromatic nitrogens is 2. The Hall–Kier alpha value is -0.800. The van der Waals surface area contributed by atoms with Crippen molar-refractivity contribution < 1.29 is 9.59 Å². The van der Waals surface area contributed by atoms with E-state index in [1.54, 1.807) is 18.7 Å². The van der Waals surface area contributed by atoms with Crippen LogP contribution in [0.1, 0.15) is 27.7 Å². The molecule has 1 atom stereocenters. The number of hydrogen-bond donors (Lipinski definition) is 2. The summed E-state index contributed by atoms with van der Waals surface area (Å²) in [6.45, 7) is 8.30. The van der Waals surface area contributed by atoms with Crippen molar-refractivity contribution in [2.75, 3.05) is 12.3 Å². The summed E-state index contributed by atoms with van der Waals surface area (Å²) in [5.41, 5.74) is 0. The minimum absolute atomic E-state index is 0.332. The predicted molar refractivity (Wildman–Crippen MR) is 88.0 cm³/mol. The number of nitrogens with zero attached hydrogens (tertiary/aromatic N) is 2. The van der Waals surface area contributed by atoms with Crippen molar-refractivity contribution in [2.45, 2.75) is 41.6 Å². The number of rotatable bonds is 7. The second-order valence-electron chi connectivity index (χ2n) is 4.62. The van der Waals surface area contributed by atoms with Crippen LogP contribution >= 0.6 is 34.9 Å². The molecule has 2 N–H and O–H groups in total. The van der Waals surface area contributed by atoms with Crippen LogP contribution in [0.3, 0.4) is 0 Å². The lowest BCUT2D eigenvalue weighted by molar-refractivity contribution is -0.119. The second-order valence-corrected chi connectivity index (χ2v) is 8.70. The summed E-state index contributed by atoms with van der Waals surface area (Å²) in [7, 11) is 0. The number of urea groups is 1. The molecule has 0 saturated carbocycles. The van der Waals surface area contributed by atoms with Crippen LogP contribution in [0.2, 0.25) is 0 Å². The molecule has 0 fully saturated rings. The van der Waals surface area contributed by atoms with Crippen LogP contribution in [0.15, 0.2) is 8.68 Å². The summed E-state index contributed by atoms with van der Waals surface area (Å²) in [5.74, 6) is 0.945. The van der Waals surface area contributed by atoms with Gasteiger partial charge >= 0.3 is 6.03 Å². The van der Waals surface area contributed by atoms with E-state index >= 15 is 0 Å². The fourth-order valence-corrected chi connectivity index (χ4v) is 4.25. The highest BCUT2D eigenvalue weighted by atomic mass is 32.2. The quantitative estimate of drug-likeness (QED) is 0.737. The molecule has 21 heavy (non-hydrogen) atoms. The number of hydrogen-bond acceptors (Lipinski definition) is 7. The lowest BCUT2D eigenvalue weighted by atomic mass is 10.2. The van der Waals surface area contributed by atoms with Crippen LogP contribution in [0.25, 0.3) is 0 Å². The molecule has 0 aliphatic heterocycles. The Bertz CT molecular complexity index is 479. The summed E-state index contributed by atoms with van der Waals surface area (Å²) in [6.07, 6.45) is 0. The number of imide groups is 1. The maximum atomic E-state index is 11.9. The Morgan fingerprint density at radius 3 is 2.52 bits per heavy atom. The summed E-state index contributed by atoms with van der Waals surface area (Å²) >= 11 is 4.38. The van der Waals surface area contributed by atoms with Crippen molar-refractivity contribution in [2.24, 2.45) is 5.92 Å². The van der Waals surface area contributed by atoms with E-state index in [2.05, 4.69) is 20.8 Å². The molecule has 1 aromatic rings. The van der Waals surface area contributed by atoms with E-state index in [4.69, 9.17) is 0 Å². The minimum atomic E-state index is -0.458. The zero-order valence-electron chi connectivity index (χ0n) is 12.5. The summed E-state index contributed by atoms with van der Waals surface area (Å²) in [6, 6.07) is -0.458. The van der Waals surface area contributed by atoms with Crippen molar-refractivity contribution >= 4 is 46.8 Å².